The Morgan fingerprint density at radius 1 is 1.67 bits per heavy atom. The van der Waals surface area contributed by atoms with Gasteiger partial charge in [-0.05, 0) is 18.6 Å². The monoisotopic (exact) mass is 217 g/mol. The van der Waals surface area contributed by atoms with Gasteiger partial charge in [-0.1, -0.05) is 6.07 Å². The molecule has 0 saturated heterocycles. The average Bonchev–Trinajstić information content (AvgIpc) is 2.57. The van der Waals surface area contributed by atoms with E-state index in [0.29, 0.717) is 4.88 Å². The van der Waals surface area contributed by atoms with E-state index in [0.717, 1.165) is 15.8 Å². The molecule has 4 nitrogen and oxygen atoms in total. The lowest BCUT2D eigenvalue weighted by atomic mass is 10.2. The smallest absolute Gasteiger partial charge is 0.267 e. The third-order valence-electron chi connectivity index (χ3n) is 2.09. The maximum Gasteiger partial charge on any atom is 0.274 e. The minimum Gasteiger partial charge on any atom is -0.267 e. The van der Waals surface area contributed by atoms with Gasteiger partial charge < -0.3 is 0 Å². The topological polar surface area (TPSA) is 65.8 Å². The van der Waals surface area contributed by atoms with Crippen LogP contribution in [-0.2, 0) is 0 Å². The molecule has 0 bridgehead atoms. The van der Waals surface area contributed by atoms with E-state index in [9.17, 15) is 4.79 Å². The Hall–Kier alpha value is -1.93. The van der Waals surface area contributed by atoms with Gasteiger partial charge in [0.1, 0.15) is 4.83 Å². The summed E-state index contributed by atoms with van der Waals surface area (Å²) in [5, 5.41) is 11.4. The quantitative estimate of drug-likeness (QED) is 0.585. The molecule has 2 aromatic heterocycles. The second-order valence-electron chi connectivity index (χ2n) is 2.98. The zero-order valence-electron chi connectivity index (χ0n) is 7.94. The fraction of sp³-hybridized carbons (Fsp3) is 0.100. The van der Waals surface area contributed by atoms with Crippen LogP contribution in [0.15, 0.2) is 18.3 Å². The molecule has 0 aromatic carbocycles. The summed E-state index contributed by atoms with van der Waals surface area (Å²) in [4.78, 5) is 17.0. The molecule has 0 aliphatic carbocycles. The largest absolute Gasteiger partial charge is 0.274 e. The van der Waals surface area contributed by atoms with E-state index in [2.05, 4.69) is 10.3 Å². The van der Waals surface area contributed by atoms with Crippen molar-refractivity contribution in [2.75, 3.05) is 0 Å². The Morgan fingerprint density at radius 3 is 3.13 bits per heavy atom. The van der Waals surface area contributed by atoms with Crippen molar-refractivity contribution in [1.29, 1.82) is 5.26 Å². The molecular weight excluding hydrogens is 210 g/mol. The molecule has 0 radical (unpaired) electrons. The Labute approximate surface area is 90.2 Å². The summed E-state index contributed by atoms with van der Waals surface area (Å²) >= 11 is 1.30. The zero-order chi connectivity index (χ0) is 10.8. The van der Waals surface area contributed by atoms with E-state index >= 15 is 0 Å². The van der Waals surface area contributed by atoms with Crippen LogP contribution in [0.2, 0.25) is 0 Å². The molecule has 0 aliphatic heterocycles. The van der Waals surface area contributed by atoms with Crippen LogP contribution in [0, 0.1) is 18.4 Å². The Kier molecular flexibility index (Phi) is 2.35. The molecule has 0 spiro atoms. The van der Waals surface area contributed by atoms with Gasteiger partial charge in [-0.2, -0.15) is 5.26 Å². The molecular formula is C10H7N3OS. The lowest BCUT2D eigenvalue weighted by molar-refractivity contribution is 0.0976. The Morgan fingerprint density at radius 2 is 2.47 bits per heavy atom. The number of carbonyl (C=O) groups is 1. The fourth-order valence-corrected chi connectivity index (χ4v) is 2.42. The summed E-state index contributed by atoms with van der Waals surface area (Å²) in [5.74, 6) is -0.363. The van der Waals surface area contributed by atoms with Crippen molar-refractivity contribution in [2.24, 2.45) is 0 Å². The van der Waals surface area contributed by atoms with E-state index in [4.69, 9.17) is 5.26 Å². The predicted octanol–water partition coefficient (Wildman–Crippen LogP) is 1.82. The highest BCUT2D eigenvalue weighted by Crippen LogP contribution is 2.28. The number of carbonyl (C=O) groups excluding carboxylic acids is 1. The van der Waals surface area contributed by atoms with Crippen molar-refractivity contribution in [3.63, 3.8) is 0 Å². The number of nitriles is 1. The third kappa shape index (κ3) is 1.55. The molecule has 5 heteroatoms. The van der Waals surface area contributed by atoms with Crippen LogP contribution in [0.25, 0.3) is 10.2 Å². The van der Waals surface area contributed by atoms with E-state index in [-0.39, 0.29) is 5.91 Å². The maximum absolute atomic E-state index is 11.5. The highest BCUT2D eigenvalue weighted by atomic mass is 32.1. The van der Waals surface area contributed by atoms with E-state index in [1.54, 1.807) is 12.4 Å². The summed E-state index contributed by atoms with van der Waals surface area (Å²) in [5.41, 5.74) is 0.871. The van der Waals surface area contributed by atoms with Crippen LogP contribution < -0.4 is 5.32 Å². The Bertz CT molecular complexity index is 568. The maximum atomic E-state index is 11.5. The number of fused-ring (bicyclic) bond motifs is 1. The molecule has 0 fully saturated rings. The van der Waals surface area contributed by atoms with Crippen molar-refractivity contribution >= 4 is 27.5 Å². The van der Waals surface area contributed by atoms with Gasteiger partial charge in [-0.15, -0.1) is 11.3 Å². The highest BCUT2D eigenvalue weighted by molar-refractivity contribution is 7.20. The first-order valence-electron chi connectivity index (χ1n) is 4.27. The van der Waals surface area contributed by atoms with Gasteiger partial charge in [0.2, 0.25) is 0 Å². The van der Waals surface area contributed by atoms with Gasteiger partial charge in [-0.25, -0.2) is 4.98 Å². The molecule has 0 saturated carbocycles. The first-order valence-corrected chi connectivity index (χ1v) is 5.09. The van der Waals surface area contributed by atoms with Crippen LogP contribution in [-0.4, -0.2) is 10.9 Å². The number of thiophene rings is 1. The fourth-order valence-electron chi connectivity index (χ4n) is 1.38. The Balaban J connectivity index is 2.59. The summed E-state index contributed by atoms with van der Waals surface area (Å²) in [6, 6.07) is 3.74. The third-order valence-corrected chi connectivity index (χ3v) is 3.30. The van der Waals surface area contributed by atoms with Crippen molar-refractivity contribution in [2.45, 2.75) is 6.92 Å². The standard InChI is InChI=1S/C10H7N3OS/c1-6-7-3-2-4-12-10(7)15-8(6)9(14)13-5-11/h2-4H,1H3,(H,13,14). The lowest BCUT2D eigenvalue weighted by Gasteiger charge is -1.93. The molecule has 74 valence electrons. The molecule has 15 heavy (non-hydrogen) atoms. The molecule has 2 rings (SSSR count). The number of hydrogen-bond acceptors (Lipinski definition) is 4. The van der Waals surface area contributed by atoms with Crippen molar-refractivity contribution in [3.8, 4) is 6.19 Å². The predicted molar refractivity (Wildman–Crippen MR) is 57.4 cm³/mol. The average molecular weight is 217 g/mol. The van der Waals surface area contributed by atoms with Gasteiger partial charge in [0.05, 0.1) is 4.88 Å². The molecule has 1 N–H and O–H groups in total. The van der Waals surface area contributed by atoms with Crippen molar-refractivity contribution in [3.05, 3.63) is 28.8 Å². The van der Waals surface area contributed by atoms with Crippen LogP contribution in [0.5, 0.6) is 0 Å². The molecule has 0 unspecified atom stereocenters. The number of rotatable bonds is 1. The minimum atomic E-state index is -0.363. The van der Waals surface area contributed by atoms with Gasteiger partial charge >= 0.3 is 0 Å². The van der Waals surface area contributed by atoms with Gasteiger partial charge in [0, 0.05) is 11.6 Å². The van der Waals surface area contributed by atoms with E-state index < -0.39 is 0 Å². The van der Waals surface area contributed by atoms with Gasteiger partial charge in [-0.3, -0.25) is 10.1 Å². The highest BCUT2D eigenvalue weighted by Gasteiger charge is 2.15. The van der Waals surface area contributed by atoms with Crippen LogP contribution in [0.1, 0.15) is 15.2 Å². The number of nitrogens with zero attached hydrogens (tertiary/aromatic N) is 2. The summed E-state index contributed by atoms with van der Waals surface area (Å²) < 4.78 is 0. The summed E-state index contributed by atoms with van der Waals surface area (Å²) in [7, 11) is 0. The van der Waals surface area contributed by atoms with E-state index in [1.807, 2.05) is 19.1 Å². The SMILES string of the molecule is Cc1c(C(=O)NC#N)sc2ncccc12. The molecule has 2 aromatic rings. The normalized spacial score (nSPS) is 9.87. The molecule has 0 atom stereocenters. The second-order valence-corrected chi connectivity index (χ2v) is 3.98. The summed E-state index contributed by atoms with van der Waals surface area (Å²) in [6.07, 6.45) is 3.31. The van der Waals surface area contributed by atoms with Crippen LogP contribution in [0.3, 0.4) is 0 Å². The van der Waals surface area contributed by atoms with Gasteiger partial charge in [0.25, 0.3) is 5.91 Å². The van der Waals surface area contributed by atoms with E-state index in [1.165, 1.54) is 11.3 Å². The van der Waals surface area contributed by atoms with Crippen LogP contribution >= 0.6 is 11.3 Å². The molecule has 0 aliphatic rings. The number of aromatic nitrogens is 1. The second kappa shape index (κ2) is 3.67. The van der Waals surface area contributed by atoms with Crippen LogP contribution in [0.4, 0.5) is 0 Å². The van der Waals surface area contributed by atoms with Crippen molar-refractivity contribution in [1.82, 2.24) is 10.3 Å². The molecule has 1 amide bonds. The molecule has 2 heterocycles. The van der Waals surface area contributed by atoms with Gasteiger partial charge in [0.15, 0.2) is 6.19 Å². The number of pyridine rings is 1. The number of nitrogens with one attached hydrogen (secondary N) is 1. The lowest BCUT2D eigenvalue weighted by Crippen LogP contribution is -2.16. The number of aryl methyl sites for hydroxylation is 1. The minimum absolute atomic E-state index is 0.363. The number of hydrogen-bond donors (Lipinski definition) is 1. The first kappa shape index (κ1) is 9.62. The van der Waals surface area contributed by atoms with Crippen molar-refractivity contribution < 1.29 is 4.79 Å². The first-order chi connectivity index (χ1) is 7.24. The summed E-state index contributed by atoms with van der Waals surface area (Å²) in [6.45, 7) is 1.85. The number of amides is 1. The zero-order valence-corrected chi connectivity index (χ0v) is 8.76.